The quantitative estimate of drug-likeness (QED) is 0.884. The molecule has 1 aliphatic heterocycles. The molecule has 0 aliphatic carbocycles. The van der Waals surface area contributed by atoms with Crippen LogP contribution in [-0.4, -0.2) is 30.9 Å². The number of rotatable bonds is 4. The summed E-state index contributed by atoms with van der Waals surface area (Å²) in [5.41, 5.74) is 2.48. The van der Waals surface area contributed by atoms with E-state index in [1.807, 2.05) is 56.3 Å². The highest BCUT2D eigenvalue weighted by Gasteiger charge is 2.46. The Bertz CT molecular complexity index is 849. The zero-order valence-corrected chi connectivity index (χ0v) is 15.7. The summed E-state index contributed by atoms with van der Waals surface area (Å²) >= 11 is 0. The fourth-order valence-corrected chi connectivity index (χ4v) is 3.69. The zero-order valence-electron chi connectivity index (χ0n) is 15.7. The summed E-state index contributed by atoms with van der Waals surface area (Å²) in [6, 6.07) is 16.1. The van der Waals surface area contributed by atoms with E-state index in [0.717, 1.165) is 22.4 Å². The molecule has 2 N–H and O–H groups in total. The Kier molecular flexibility index (Phi) is 4.72. The van der Waals surface area contributed by atoms with E-state index < -0.39 is 5.54 Å². The average Bonchev–Trinajstić information content (AvgIpc) is 2.67. The van der Waals surface area contributed by atoms with Crippen molar-refractivity contribution in [2.45, 2.75) is 25.8 Å². The summed E-state index contributed by atoms with van der Waals surface area (Å²) < 4.78 is 5.33. The van der Waals surface area contributed by atoms with Crippen molar-refractivity contribution in [3.8, 4) is 16.9 Å². The first-order valence-corrected chi connectivity index (χ1v) is 8.80. The van der Waals surface area contributed by atoms with Gasteiger partial charge in [0.2, 0.25) is 5.91 Å². The maximum atomic E-state index is 12.7. The number of guanidine groups is 1. The van der Waals surface area contributed by atoms with Gasteiger partial charge < -0.3 is 10.1 Å². The van der Waals surface area contributed by atoms with Crippen LogP contribution in [0.1, 0.15) is 25.8 Å². The van der Waals surface area contributed by atoms with Gasteiger partial charge in [-0.2, -0.15) is 0 Å². The lowest BCUT2D eigenvalue weighted by Crippen LogP contribution is -2.63. The molecule has 2 aromatic rings. The minimum atomic E-state index is -0.621. The van der Waals surface area contributed by atoms with Crippen LogP contribution in [0.3, 0.4) is 0 Å². The number of ether oxygens (including phenoxy) is 1. The second-order valence-corrected chi connectivity index (χ2v) is 6.85. The third-order valence-electron chi connectivity index (χ3n) is 5.31. The predicted octanol–water partition coefficient (Wildman–Crippen LogP) is 3.60. The molecule has 1 amide bonds. The van der Waals surface area contributed by atoms with Crippen molar-refractivity contribution >= 4 is 11.9 Å². The number of nitrogens with zero attached hydrogens (tertiary/aromatic N) is 1. The van der Waals surface area contributed by atoms with Gasteiger partial charge in [-0.1, -0.05) is 37.3 Å². The van der Waals surface area contributed by atoms with Gasteiger partial charge in [0.25, 0.3) is 0 Å². The van der Waals surface area contributed by atoms with E-state index in [2.05, 4.69) is 11.4 Å². The van der Waals surface area contributed by atoms with Gasteiger partial charge >= 0.3 is 0 Å². The molecule has 136 valence electrons. The number of hydrogen-bond acceptors (Lipinski definition) is 3. The molecular formula is C21H25N3O2. The first-order chi connectivity index (χ1) is 12.4. The van der Waals surface area contributed by atoms with E-state index >= 15 is 0 Å². The predicted molar refractivity (Wildman–Crippen MR) is 103 cm³/mol. The number of methoxy groups -OCH3 is 1. The highest BCUT2D eigenvalue weighted by atomic mass is 16.5. The van der Waals surface area contributed by atoms with Crippen LogP contribution < -0.4 is 10.1 Å². The van der Waals surface area contributed by atoms with Crippen molar-refractivity contribution in [1.82, 2.24) is 10.2 Å². The molecule has 3 rings (SSSR count). The SMILES string of the molecule is CCC1C(=O)N(C)C(=N)NC1(C)c1cccc(-c2cccc(OC)c2)c1. The third-order valence-corrected chi connectivity index (χ3v) is 5.31. The van der Waals surface area contributed by atoms with Crippen molar-refractivity contribution in [3.63, 3.8) is 0 Å². The van der Waals surface area contributed by atoms with Crippen LogP contribution in [0.4, 0.5) is 0 Å². The van der Waals surface area contributed by atoms with Gasteiger partial charge in [-0.15, -0.1) is 0 Å². The number of hydrogen-bond donors (Lipinski definition) is 2. The molecule has 1 saturated heterocycles. The standard InChI is InChI=1S/C21H25N3O2/c1-5-18-19(25)24(3)20(22)23-21(18,2)16-10-6-8-14(12-16)15-9-7-11-17(13-15)26-4/h6-13,18H,5H2,1-4H3,(H2,22,23). The number of nitrogens with one attached hydrogen (secondary N) is 2. The molecule has 0 saturated carbocycles. The van der Waals surface area contributed by atoms with Gasteiger partial charge in [-0.3, -0.25) is 15.1 Å². The first-order valence-electron chi connectivity index (χ1n) is 8.80. The highest BCUT2D eigenvalue weighted by Crippen LogP contribution is 2.37. The normalized spacial score (nSPS) is 22.9. The number of benzene rings is 2. The topological polar surface area (TPSA) is 65.4 Å². The van der Waals surface area contributed by atoms with Gasteiger partial charge in [0.15, 0.2) is 5.96 Å². The highest BCUT2D eigenvalue weighted by molar-refractivity contribution is 6.00. The van der Waals surface area contributed by atoms with Crippen LogP contribution in [0.2, 0.25) is 0 Å². The molecule has 2 aromatic carbocycles. The maximum Gasteiger partial charge on any atom is 0.234 e. The number of carbonyl (C=O) groups is 1. The molecule has 1 fully saturated rings. The molecule has 0 aromatic heterocycles. The summed E-state index contributed by atoms with van der Waals surface area (Å²) in [6.07, 6.45) is 0.698. The number of amides is 1. The second kappa shape index (κ2) is 6.83. The Morgan fingerprint density at radius 1 is 1.19 bits per heavy atom. The summed E-state index contributed by atoms with van der Waals surface area (Å²) in [4.78, 5) is 14.1. The Morgan fingerprint density at radius 2 is 1.85 bits per heavy atom. The first kappa shape index (κ1) is 18.0. The van der Waals surface area contributed by atoms with Crippen LogP contribution >= 0.6 is 0 Å². The molecule has 1 heterocycles. The van der Waals surface area contributed by atoms with E-state index in [1.54, 1.807) is 14.2 Å². The van der Waals surface area contributed by atoms with E-state index in [1.165, 1.54) is 4.90 Å². The number of carbonyl (C=O) groups excluding carboxylic acids is 1. The van der Waals surface area contributed by atoms with Gasteiger partial charge in [0.1, 0.15) is 5.75 Å². The van der Waals surface area contributed by atoms with Crippen LogP contribution in [0.25, 0.3) is 11.1 Å². The Hall–Kier alpha value is -2.82. The molecule has 0 bridgehead atoms. The fraction of sp³-hybridized carbons (Fsp3) is 0.333. The molecule has 2 unspecified atom stereocenters. The van der Waals surface area contributed by atoms with Gasteiger partial charge in [-0.25, -0.2) is 0 Å². The average molecular weight is 351 g/mol. The monoisotopic (exact) mass is 351 g/mol. The summed E-state index contributed by atoms with van der Waals surface area (Å²) in [5, 5.41) is 11.4. The molecule has 26 heavy (non-hydrogen) atoms. The Balaban J connectivity index is 2.05. The Labute approximate surface area is 154 Å². The van der Waals surface area contributed by atoms with E-state index in [9.17, 15) is 4.79 Å². The van der Waals surface area contributed by atoms with E-state index in [-0.39, 0.29) is 17.8 Å². The van der Waals surface area contributed by atoms with Gasteiger partial charge in [-0.05, 0) is 48.2 Å². The molecular weight excluding hydrogens is 326 g/mol. The minimum Gasteiger partial charge on any atom is -0.497 e. The van der Waals surface area contributed by atoms with E-state index in [4.69, 9.17) is 10.1 Å². The van der Waals surface area contributed by atoms with E-state index in [0.29, 0.717) is 6.42 Å². The zero-order chi connectivity index (χ0) is 18.9. The van der Waals surface area contributed by atoms with Gasteiger partial charge in [0, 0.05) is 7.05 Å². The molecule has 5 heteroatoms. The molecule has 0 radical (unpaired) electrons. The lowest BCUT2D eigenvalue weighted by atomic mass is 9.75. The van der Waals surface area contributed by atoms with Crippen molar-refractivity contribution in [1.29, 1.82) is 5.41 Å². The van der Waals surface area contributed by atoms with Crippen molar-refractivity contribution < 1.29 is 9.53 Å². The summed E-state index contributed by atoms with van der Waals surface area (Å²) in [6.45, 7) is 4.02. The minimum absolute atomic E-state index is 0.0227. The fourth-order valence-electron chi connectivity index (χ4n) is 3.69. The van der Waals surface area contributed by atoms with Crippen molar-refractivity contribution in [2.24, 2.45) is 5.92 Å². The molecule has 0 spiro atoms. The lowest BCUT2D eigenvalue weighted by Gasteiger charge is -2.45. The van der Waals surface area contributed by atoms with Crippen molar-refractivity contribution in [2.75, 3.05) is 14.2 Å². The lowest BCUT2D eigenvalue weighted by molar-refractivity contribution is -0.135. The third kappa shape index (κ3) is 2.94. The van der Waals surface area contributed by atoms with Crippen LogP contribution in [-0.2, 0) is 10.3 Å². The molecule has 5 nitrogen and oxygen atoms in total. The van der Waals surface area contributed by atoms with Crippen LogP contribution in [0.15, 0.2) is 48.5 Å². The Morgan fingerprint density at radius 3 is 2.50 bits per heavy atom. The van der Waals surface area contributed by atoms with Crippen LogP contribution in [0.5, 0.6) is 5.75 Å². The van der Waals surface area contributed by atoms with Crippen LogP contribution in [0, 0.1) is 11.3 Å². The van der Waals surface area contributed by atoms with Crippen molar-refractivity contribution in [3.05, 3.63) is 54.1 Å². The van der Waals surface area contributed by atoms with Gasteiger partial charge in [0.05, 0.1) is 18.6 Å². The summed E-state index contributed by atoms with van der Waals surface area (Å²) in [7, 11) is 3.30. The second-order valence-electron chi connectivity index (χ2n) is 6.85. The molecule has 1 aliphatic rings. The molecule has 2 atom stereocenters. The smallest absolute Gasteiger partial charge is 0.234 e. The summed E-state index contributed by atoms with van der Waals surface area (Å²) in [5.74, 6) is 0.682. The largest absolute Gasteiger partial charge is 0.497 e. The maximum absolute atomic E-state index is 12.7.